The van der Waals surface area contributed by atoms with Crippen LogP contribution in [0.4, 0.5) is 16.2 Å². The van der Waals surface area contributed by atoms with Crippen molar-refractivity contribution in [3.63, 3.8) is 0 Å². The zero-order valence-electron chi connectivity index (χ0n) is 13.4. The van der Waals surface area contributed by atoms with Crippen molar-refractivity contribution in [3.8, 4) is 6.07 Å². The minimum atomic E-state index is -0.213. The molecule has 2 aromatic rings. The summed E-state index contributed by atoms with van der Waals surface area (Å²) in [7, 11) is 0. The van der Waals surface area contributed by atoms with Gasteiger partial charge in [-0.15, -0.1) is 0 Å². The highest BCUT2D eigenvalue weighted by molar-refractivity contribution is 6.39. The van der Waals surface area contributed by atoms with E-state index in [0.29, 0.717) is 34.4 Å². The van der Waals surface area contributed by atoms with Crippen molar-refractivity contribution in [2.75, 3.05) is 36.4 Å². The van der Waals surface area contributed by atoms with Gasteiger partial charge < -0.3 is 15.1 Å². The van der Waals surface area contributed by atoms with E-state index in [2.05, 4.69) is 16.3 Å². The quantitative estimate of drug-likeness (QED) is 0.855. The molecule has 3 rings (SSSR count). The summed E-state index contributed by atoms with van der Waals surface area (Å²) in [6.07, 6.45) is 0. The fraction of sp³-hybridized carbons (Fsp3) is 0.222. The number of halogens is 2. The summed E-state index contributed by atoms with van der Waals surface area (Å²) in [5.74, 6) is 0. The number of para-hydroxylation sites is 1. The Morgan fingerprint density at radius 1 is 1.00 bits per heavy atom. The van der Waals surface area contributed by atoms with Gasteiger partial charge in [0.2, 0.25) is 0 Å². The molecule has 0 bridgehead atoms. The second kappa shape index (κ2) is 7.64. The number of nitrogens with one attached hydrogen (secondary N) is 1. The molecule has 1 N–H and O–H groups in total. The number of hydrogen-bond acceptors (Lipinski definition) is 3. The van der Waals surface area contributed by atoms with Gasteiger partial charge in [-0.2, -0.15) is 5.26 Å². The number of nitrogens with zero attached hydrogens (tertiary/aromatic N) is 3. The largest absolute Gasteiger partial charge is 0.368 e. The number of rotatable bonds is 2. The summed E-state index contributed by atoms with van der Waals surface area (Å²) >= 11 is 12.2. The first-order valence-corrected chi connectivity index (χ1v) is 8.59. The number of anilines is 2. The Morgan fingerprint density at radius 2 is 1.60 bits per heavy atom. The number of benzene rings is 2. The third-order valence-electron chi connectivity index (χ3n) is 4.12. The summed E-state index contributed by atoms with van der Waals surface area (Å²) < 4.78 is 0. The molecule has 1 aliphatic rings. The Bertz CT molecular complexity index is 789. The maximum Gasteiger partial charge on any atom is 0.322 e. The summed E-state index contributed by atoms with van der Waals surface area (Å²) in [5, 5.41) is 12.5. The van der Waals surface area contributed by atoms with Crippen molar-refractivity contribution in [3.05, 3.63) is 58.1 Å². The summed E-state index contributed by atoms with van der Waals surface area (Å²) in [6.45, 7) is 2.62. The lowest BCUT2D eigenvalue weighted by Gasteiger charge is -2.36. The number of amides is 2. The van der Waals surface area contributed by atoms with Gasteiger partial charge in [0, 0.05) is 31.9 Å². The number of urea groups is 1. The molecule has 0 saturated carbocycles. The lowest BCUT2D eigenvalue weighted by Crippen LogP contribution is -2.50. The van der Waals surface area contributed by atoms with Gasteiger partial charge in [-0.1, -0.05) is 29.3 Å². The van der Waals surface area contributed by atoms with E-state index in [1.807, 2.05) is 12.1 Å². The number of carbonyl (C=O) groups excluding carboxylic acids is 1. The second-order valence-electron chi connectivity index (χ2n) is 5.66. The summed E-state index contributed by atoms with van der Waals surface area (Å²) in [5.41, 5.74) is 2.12. The Labute approximate surface area is 156 Å². The molecule has 25 heavy (non-hydrogen) atoms. The maximum atomic E-state index is 12.4. The fourth-order valence-corrected chi connectivity index (χ4v) is 3.21. The molecular formula is C18H16Cl2N4O. The van der Waals surface area contributed by atoms with Crippen LogP contribution >= 0.6 is 23.2 Å². The SMILES string of the molecule is N#Cc1ccc(N2CCN(C(=O)Nc3c(Cl)cccc3Cl)CC2)cc1. The molecule has 0 unspecified atom stereocenters. The van der Waals surface area contributed by atoms with Crippen molar-refractivity contribution in [1.82, 2.24) is 4.90 Å². The highest BCUT2D eigenvalue weighted by Crippen LogP contribution is 2.30. The van der Waals surface area contributed by atoms with Gasteiger partial charge in [0.1, 0.15) is 0 Å². The Hall–Kier alpha value is -2.42. The number of piperazine rings is 1. The van der Waals surface area contributed by atoms with Crippen LogP contribution in [0, 0.1) is 11.3 Å². The Morgan fingerprint density at radius 3 is 2.16 bits per heavy atom. The first-order valence-electron chi connectivity index (χ1n) is 7.83. The molecule has 1 saturated heterocycles. The zero-order chi connectivity index (χ0) is 17.8. The van der Waals surface area contributed by atoms with Crippen LogP contribution in [0.1, 0.15) is 5.56 Å². The van der Waals surface area contributed by atoms with E-state index in [1.54, 1.807) is 35.2 Å². The molecule has 0 aromatic heterocycles. The van der Waals surface area contributed by atoms with Crippen molar-refractivity contribution < 1.29 is 4.79 Å². The van der Waals surface area contributed by atoms with Gasteiger partial charge in [0.05, 0.1) is 27.4 Å². The van der Waals surface area contributed by atoms with E-state index >= 15 is 0 Å². The van der Waals surface area contributed by atoms with Crippen LogP contribution in [0.3, 0.4) is 0 Å². The van der Waals surface area contributed by atoms with Crippen LogP contribution in [-0.2, 0) is 0 Å². The van der Waals surface area contributed by atoms with Crippen LogP contribution in [0.25, 0.3) is 0 Å². The minimum Gasteiger partial charge on any atom is -0.368 e. The Balaban J connectivity index is 1.60. The van der Waals surface area contributed by atoms with Crippen molar-refractivity contribution >= 4 is 40.6 Å². The van der Waals surface area contributed by atoms with Gasteiger partial charge in [-0.05, 0) is 36.4 Å². The molecule has 1 heterocycles. The topological polar surface area (TPSA) is 59.4 Å². The standard InChI is InChI=1S/C18H16Cl2N4O/c19-15-2-1-3-16(20)17(15)22-18(25)24-10-8-23(9-11-24)14-6-4-13(12-21)5-7-14/h1-7H,8-11H2,(H,22,25). The molecule has 7 heteroatoms. The third kappa shape index (κ3) is 3.98. The van der Waals surface area contributed by atoms with Crippen molar-refractivity contribution in [2.24, 2.45) is 0 Å². The smallest absolute Gasteiger partial charge is 0.322 e. The van der Waals surface area contributed by atoms with Crippen LogP contribution in [0.5, 0.6) is 0 Å². The van der Waals surface area contributed by atoms with E-state index < -0.39 is 0 Å². The van der Waals surface area contributed by atoms with Crippen LogP contribution in [0.2, 0.25) is 10.0 Å². The molecule has 1 aliphatic heterocycles. The lowest BCUT2D eigenvalue weighted by molar-refractivity contribution is 0.208. The first kappa shape index (κ1) is 17.4. The van der Waals surface area contributed by atoms with Crippen LogP contribution < -0.4 is 10.2 Å². The second-order valence-corrected chi connectivity index (χ2v) is 6.47. The molecule has 1 fully saturated rings. The minimum absolute atomic E-state index is 0.213. The van der Waals surface area contributed by atoms with Gasteiger partial charge >= 0.3 is 6.03 Å². The number of hydrogen-bond donors (Lipinski definition) is 1. The first-order chi connectivity index (χ1) is 12.1. The van der Waals surface area contributed by atoms with Gasteiger partial charge in [0.25, 0.3) is 0 Å². The predicted octanol–water partition coefficient (Wildman–Crippen LogP) is 4.22. The highest BCUT2D eigenvalue weighted by Gasteiger charge is 2.22. The van der Waals surface area contributed by atoms with E-state index in [4.69, 9.17) is 28.5 Å². The van der Waals surface area contributed by atoms with E-state index in [-0.39, 0.29) is 6.03 Å². The molecule has 128 valence electrons. The molecule has 0 aliphatic carbocycles. The summed E-state index contributed by atoms with van der Waals surface area (Å²) in [6, 6.07) is 14.5. The van der Waals surface area contributed by atoms with E-state index in [9.17, 15) is 4.79 Å². The van der Waals surface area contributed by atoms with Gasteiger partial charge in [0.15, 0.2) is 0 Å². The van der Waals surface area contributed by atoms with Gasteiger partial charge in [-0.3, -0.25) is 0 Å². The van der Waals surface area contributed by atoms with Crippen molar-refractivity contribution in [1.29, 1.82) is 5.26 Å². The highest BCUT2D eigenvalue weighted by atomic mass is 35.5. The van der Waals surface area contributed by atoms with Crippen LogP contribution in [0.15, 0.2) is 42.5 Å². The molecule has 5 nitrogen and oxygen atoms in total. The molecule has 0 atom stereocenters. The molecule has 0 radical (unpaired) electrons. The average Bonchev–Trinajstić information content (AvgIpc) is 2.65. The van der Waals surface area contributed by atoms with Crippen LogP contribution in [-0.4, -0.2) is 37.1 Å². The number of nitriles is 1. The molecule has 2 aromatic carbocycles. The molecular weight excluding hydrogens is 359 g/mol. The zero-order valence-corrected chi connectivity index (χ0v) is 14.9. The maximum absolute atomic E-state index is 12.4. The normalized spacial score (nSPS) is 14.1. The molecule has 0 spiro atoms. The Kier molecular flexibility index (Phi) is 5.32. The predicted molar refractivity (Wildman–Crippen MR) is 100 cm³/mol. The summed E-state index contributed by atoms with van der Waals surface area (Å²) in [4.78, 5) is 16.4. The fourth-order valence-electron chi connectivity index (χ4n) is 2.72. The van der Waals surface area contributed by atoms with E-state index in [0.717, 1.165) is 18.8 Å². The van der Waals surface area contributed by atoms with Crippen molar-refractivity contribution in [2.45, 2.75) is 0 Å². The average molecular weight is 375 g/mol. The van der Waals surface area contributed by atoms with Gasteiger partial charge in [-0.25, -0.2) is 4.79 Å². The molecule has 2 amide bonds. The van der Waals surface area contributed by atoms with E-state index in [1.165, 1.54) is 0 Å². The number of carbonyl (C=O) groups is 1. The lowest BCUT2D eigenvalue weighted by atomic mass is 10.2. The monoisotopic (exact) mass is 374 g/mol. The third-order valence-corrected chi connectivity index (χ3v) is 4.75.